The number of benzene rings is 10. The monoisotopic (exact) mass is 766 g/mol. The number of furan rings is 1. The van der Waals surface area contributed by atoms with E-state index in [0.717, 1.165) is 121 Å². The van der Waals surface area contributed by atoms with Gasteiger partial charge in [-0.05, 0) is 102 Å². The number of hydrogen-bond acceptors (Lipinski definition) is 3. The molecular formula is C54H37B3O3. The summed E-state index contributed by atoms with van der Waals surface area (Å²) in [6, 6.07) is 62.2. The Labute approximate surface area is 350 Å². The fraction of sp³-hybridized carbons (Fsp3) is 0. The van der Waals surface area contributed by atoms with Crippen LogP contribution in [0.2, 0.25) is 0 Å². The van der Waals surface area contributed by atoms with Crippen LogP contribution in [0.15, 0.2) is 180 Å². The summed E-state index contributed by atoms with van der Waals surface area (Å²) in [5.41, 5.74) is 14.3. The fourth-order valence-corrected chi connectivity index (χ4v) is 9.55. The second kappa shape index (κ2) is 13.9. The first-order valence-corrected chi connectivity index (χ1v) is 20.5. The van der Waals surface area contributed by atoms with Crippen molar-refractivity contribution in [2.75, 3.05) is 0 Å². The molecule has 2 N–H and O–H groups in total. The van der Waals surface area contributed by atoms with Gasteiger partial charge in [-0.3, -0.25) is 0 Å². The van der Waals surface area contributed by atoms with Crippen LogP contribution in [0.3, 0.4) is 0 Å². The minimum atomic E-state index is 0.107. The Hall–Kier alpha value is -7.43. The summed E-state index contributed by atoms with van der Waals surface area (Å²) in [6.45, 7) is 0. The summed E-state index contributed by atoms with van der Waals surface area (Å²) in [7, 11) is 5.79. The van der Waals surface area contributed by atoms with Crippen LogP contribution in [0.25, 0.3) is 110 Å². The predicted molar refractivity (Wildman–Crippen MR) is 261 cm³/mol. The zero-order valence-electron chi connectivity index (χ0n) is 33.5. The smallest absolute Gasteiger partial charge is 0.143 e. The molecule has 3 nitrogen and oxygen atoms in total. The normalized spacial score (nSPS) is 11.7. The van der Waals surface area contributed by atoms with Gasteiger partial charge in [-0.25, -0.2) is 0 Å². The van der Waals surface area contributed by atoms with Gasteiger partial charge in [0.1, 0.15) is 46.2 Å². The first-order chi connectivity index (χ1) is 29.4. The highest BCUT2D eigenvalue weighted by molar-refractivity contribution is 6.59. The van der Waals surface area contributed by atoms with Gasteiger partial charge in [0, 0.05) is 21.9 Å². The van der Waals surface area contributed by atoms with E-state index in [9.17, 15) is 10.2 Å². The van der Waals surface area contributed by atoms with Crippen molar-refractivity contribution in [3.05, 3.63) is 176 Å². The molecule has 11 rings (SSSR count). The van der Waals surface area contributed by atoms with Crippen molar-refractivity contribution < 1.29 is 14.6 Å². The molecule has 0 aliphatic heterocycles. The summed E-state index contributed by atoms with van der Waals surface area (Å²) in [5, 5.41) is 32.0. The van der Waals surface area contributed by atoms with Crippen molar-refractivity contribution in [1.29, 1.82) is 0 Å². The van der Waals surface area contributed by atoms with Gasteiger partial charge in [-0.15, -0.1) is 0 Å². The lowest BCUT2D eigenvalue weighted by atomic mass is 9.69. The molecule has 6 heteroatoms. The van der Waals surface area contributed by atoms with E-state index in [1.54, 1.807) is 0 Å². The Morgan fingerprint density at radius 2 is 0.867 bits per heavy atom. The van der Waals surface area contributed by atoms with Crippen molar-refractivity contribution in [3.63, 3.8) is 0 Å². The lowest BCUT2D eigenvalue weighted by Gasteiger charge is -2.22. The number of phenolic OH excluding ortho intramolecular Hbond substituents is 2. The maximum atomic E-state index is 11.8. The van der Waals surface area contributed by atoms with E-state index in [0.29, 0.717) is 5.56 Å². The second-order valence-electron chi connectivity index (χ2n) is 15.9. The summed E-state index contributed by atoms with van der Waals surface area (Å²) in [4.78, 5) is 0. The lowest BCUT2D eigenvalue weighted by molar-refractivity contribution is 0.460. The van der Waals surface area contributed by atoms with E-state index >= 15 is 0 Å². The van der Waals surface area contributed by atoms with Crippen molar-refractivity contribution in [3.8, 4) is 67.1 Å². The molecule has 0 spiro atoms. The maximum Gasteiger partial charge on any atom is 0.143 e. The highest BCUT2D eigenvalue weighted by Crippen LogP contribution is 2.50. The van der Waals surface area contributed by atoms with E-state index in [-0.39, 0.29) is 11.5 Å². The molecule has 0 saturated carbocycles. The molecule has 1 heterocycles. The summed E-state index contributed by atoms with van der Waals surface area (Å²) in [5.74, 6) is 0.215. The quantitative estimate of drug-likeness (QED) is 0.136. The molecular weight excluding hydrogens is 729 g/mol. The molecule has 0 atom stereocenters. The number of fused-ring (bicyclic) bond motifs is 6. The van der Waals surface area contributed by atoms with Crippen molar-refractivity contribution in [1.82, 2.24) is 0 Å². The Bertz CT molecular complexity index is 3450. The Kier molecular flexibility index (Phi) is 8.25. The molecule has 0 unspecified atom stereocenters. The molecule has 60 heavy (non-hydrogen) atoms. The molecule has 1 aromatic heterocycles. The van der Waals surface area contributed by atoms with Crippen molar-refractivity contribution >= 4 is 94.2 Å². The molecule has 10 aromatic carbocycles. The minimum absolute atomic E-state index is 0.107. The first-order valence-electron chi connectivity index (χ1n) is 20.5. The molecule has 0 aliphatic rings. The average molecular weight is 766 g/mol. The van der Waals surface area contributed by atoms with Gasteiger partial charge >= 0.3 is 0 Å². The van der Waals surface area contributed by atoms with Crippen LogP contribution in [0.1, 0.15) is 0 Å². The van der Waals surface area contributed by atoms with Gasteiger partial charge in [0.15, 0.2) is 0 Å². The van der Waals surface area contributed by atoms with E-state index in [4.69, 9.17) is 4.42 Å². The van der Waals surface area contributed by atoms with Gasteiger partial charge in [-0.1, -0.05) is 162 Å². The van der Waals surface area contributed by atoms with Gasteiger partial charge < -0.3 is 14.6 Å². The van der Waals surface area contributed by atoms with Crippen LogP contribution in [-0.4, -0.2) is 33.8 Å². The van der Waals surface area contributed by atoms with Crippen LogP contribution >= 0.6 is 0 Å². The molecule has 0 amide bonds. The molecule has 11 aromatic rings. The minimum Gasteiger partial charge on any atom is -0.508 e. The second-order valence-corrected chi connectivity index (χ2v) is 15.9. The van der Waals surface area contributed by atoms with Crippen molar-refractivity contribution in [2.45, 2.75) is 0 Å². The van der Waals surface area contributed by atoms with Gasteiger partial charge in [0.05, 0.1) is 5.56 Å². The van der Waals surface area contributed by atoms with E-state index in [1.165, 1.54) is 0 Å². The highest BCUT2D eigenvalue weighted by Gasteiger charge is 2.26. The maximum absolute atomic E-state index is 11.8. The first kappa shape index (κ1) is 35.7. The summed E-state index contributed by atoms with van der Waals surface area (Å²) < 4.78 is 6.70. The van der Waals surface area contributed by atoms with Crippen LogP contribution in [0.4, 0.5) is 0 Å². The SMILES string of the molecule is Bc1c(B)c(O)c(-c2c3ccccc3c(-c3cc(-c4c(-c5ccccc5)ccc5oc6ccc(-c7ccccc7)cc6c45)c4ccccc4c3)c3ccccc23)c(O)c1B. The molecule has 0 saturated heterocycles. The number of phenols is 2. The topological polar surface area (TPSA) is 53.6 Å². The van der Waals surface area contributed by atoms with Crippen LogP contribution in [0.5, 0.6) is 11.5 Å². The lowest BCUT2D eigenvalue weighted by Crippen LogP contribution is -2.39. The van der Waals surface area contributed by atoms with Crippen LogP contribution in [-0.2, 0) is 0 Å². The Morgan fingerprint density at radius 1 is 0.333 bits per heavy atom. The van der Waals surface area contributed by atoms with Crippen molar-refractivity contribution in [2.24, 2.45) is 0 Å². The van der Waals surface area contributed by atoms with Gasteiger partial charge in [0.25, 0.3) is 0 Å². The Morgan fingerprint density at radius 3 is 1.50 bits per heavy atom. The van der Waals surface area contributed by atoms with Crippen LogP contribution in [0, 0.1) is 0 Å². The molecule has 0 aliphatic carbocycles. The zero-order valence-corrected chi connectivity index (χ0v) is 33.5. The summed E-state index contributed by atoms with van der Waals surface area (Å²) >= 11 is 0. The third kappa shape index (κ3) is 5.41. The number of hydrogen-bond donors (Lipinski definition) is 2. The molecule has 0 bridgehead atoms. The zero-order chi connectivity index (χ0) is 40.6. The molecule has 0 radical (unpaired) electrons. The largest absolute Gasteiger partial charge is 0.508 e. The number of aromatic hydroxyl groups is 2. The third-order valence-corrected chi connectivity index (χ3v) is 12.7. The van der Waals surface area contributed by atoms with E-state index in [2.05, 4.69) is 164 Å². The average Bonchev–Trinajstić information content (AvgIpc) is 3.68. The van der Waals surface area contributed by atoms with E-state index < -0.39 is 0 Å². The van der Waals surface area contributed by atoms with E-state index in [1.807, 2.05) is 35.7 Å². The van der Waals surface area contributed by atoms with Crippen LogP contribution < -0.4 is 16.4 Å². The molecule has 0 fully saturated rings. The third-order valence-electron chi connectivity index (χ3n) is 12.7. The highest BCUT2D eigenvalue weighted by atomic mass is 16.3. The Balaban J connectivity index is 1.27. The molecule has 280 valence electrons. The van der Waals surface area contributed by atoms with Gasteiger partial charge in [0.2, 0.25) is 0 Å². The summed E-state index contributed by atoms with van der Waals surface area (Å²) in [6.07, 6.45) is 0. The standard InChI is InChI=1S/C54H37B3O3/c55-50-51(56)53(58)49(54(59)52(50)57)47-39-21-11-9-19-37(39)45(38-20-10-12-22-40(38)47)34-27-33-17-7-8-18-35(33)41(29-34)46-36(31-15-5-2-6-16-31)24-26-44-48(46)42-28-32(23-25-43(42)60-44)30-13-3-1-4-14-30/h1-29,58-59H,55-57H2. The fourth-order valence-electron chi connectivity index (χ4n) is 9.55. The van der Waals surface area contributed by atoms with Gasteiger partial charge in [-0.2, -0.15) is 0 Å². The predicted octanol–water partition coefficient (Wildman–Crippen LogP) is 9.57. The number of rotatable bonds is 5.